The zero-order valence-electron chi connectivity index (χ0n) is 10.2. The van der Waals surface area contributed by atoms with E-state index in [1.54, 1.807) is 0 Å². The van der Waals surface area contributed by atoms with Gasteiger partial charge in [0.15, 0.2) is 5.82 Å². The summed E-state index contributed by atoms with van der Waals surface area (Å²) >= 11 is 0. The fraction of sp³-hybridized carbons (Fsp3) is 0.833. The molecule has 1 aromatic rings. The minimum atomic E-state index is -0.0218. The highest BCUT2D eigenvalue weighted by molar-refractivity contribution is 5.02. The predicted molar refractivity (Wildman–Crippen MR) is 64.0 cm³/mol. The molecule has 0 saturated heterocycles. The van der Waals surface area contributed by atoms with Gasteiger partial charge in [-0.3, -0.25) is 5.10 Å². The average Bonchev–Trinajstić information content (AvgIpc) is 2.87. The summed E-state index contributed by atoms with van der Waals surface area (Å²) in [6, 6.07) is -0.0218. The SMILES string of the molecule is CC(C)CC(N)c1n[nH]c(C2CCCC2)n1. The molecule has 0 amide bonds. The van der Waals surface area contributed by atoms with Crippen molar-refractivity contribution in [2.24, 2.45) is 11.7 Å². The lowest BCUT2D eigenvalue weighted by atomic mass is 10.0. The molecule has 0 radical (unpaired) electrons. The maximum Gasteiger partial charge on any atom is 0.167 e. The summed E-state index contributed by atoms with van der Waals surface area (Å²) in [4.78, 5) is 4.55. The summed E-state index contributed by atoms with van der Waals surface area (Å²) < 4.78 is 0. The van der Waals surface area contributed by atoms with Gasteiger partial charge in [0.05, 0.1) is 6.04 Å². The normalized spacial score (nSPS) is 19.5. The standard InChI is InChI=1S/C12H22N4/c1-8(2)7-10(13)12-14-11(15-16-12)9-5-3-4-6-9/h8-10H,3-7,13H2,1-2H3,(H,14,15,16). The zero-order chi connectivity index (χ0) is 11.5. The Balaban J connectivity index is 2.00. The lowest BCUT2D eigenvalue weighted by molar-refractivity contribution is 0.493. The first-order chi connectivity index (χ1) is 7.66. The van der Waals surface area contributed by atoms with Crippen molar-refractivity contribution in [3.8, 4) is 0 Å². The molecule has 2 rings (SSSR count). The molecule has 1 atom stereocenters. The van der Waals surface area contributed by atoms with E-state index in [4.69, 9.17) is 5.73 Å². The van der Waals surface area contributed by atoms with Crippen molar-refractivity contribution >= 4 is 0 Å². The largest absolute Gasteiger partial charge is 0.321 e. The molecule has 1 unspecified atom stereocenters. The van der Waals surface area contributed by atoms with Gasteiger partial charge in [0.1, 0.15) is 5.82 Å². The lowest BCUT2D eigenvalue weighted by Crippen LogP contribution is -2.14. The molecule has 1 heterocycles. The highest BCUT2D eigenvalue weighted by Gasteiger charge is 2.22. The minimum Gasteiger partial charge on any atom is -0.321 e. The van der Waals surface area contributed by atoms with Crippen LogP contribution in [0.3, 0.4) is 0 Å². The molecule has 1 saturated carbocycles. The average molecular weight is 222 g/mol. The van der Waals surface area contributed by atoms with Crippen LogP contribution in [0.5, 0.6) is 0 Å². The highest BCUT2D eigenvalue weighted by Crippen LogP contribution is 2.32. The smallest absolute Gasteiger partial charge is 0.167 e. The summed E-state index contributed by atoms with van der Waals surface area (Å²) in [6.07, 6.45) is 6.07. The van der Waals surface area contributed by atoms with E-state index in [-0.39, 0.29) is 6.04 Å². The van der Waals surface area contributed by atoms with Crippen LogP contribution in [0.15, 0.2) is 0 Å². The van der Waals surface area contributed by atoms with Crippen molar-refractivity contribution in [2.75, 3.05) is 0 Å². The summed E-state index contributed by atoms with van der Waals surface area (Å²) in [7, 11) is 0. The molecule has 0 bridgehead atoms. The third-order valence-electron chi connectivity index (χ3n) is 3.32. The molecule has 16 heavy (non-hydrogen) atoms. The number of H-pyrrole nitrogens is 1. The van der Waals surface area contributed by atoms with E-state index in [0.29, 0.717) is 11.8 Å². The van der Waals surface area contributed by atoms with Crippen LogP contribution in [-0.4, -0.2) is 15.2 Å². The molecule has 0 aliphatic heterocycles. The predicted octanol–water partition coefficient (Wildman–Crippen LogP) is 2.51. The molecule has 0 aromatic carbocycles. The van der Waals surface area contributed by atoms with Crippen LogP contribution >= 0.6 is 0 Å². The quantitative estimate of drug-likeness (QED) is 0.822. The Morgan fingerprint density at radius 2 is 2.06 bits per heavy atom. The van der Waals surface area contributed by atoms with E-state index in [9.17, 15) is 0 Å². The first-order valence-electron chi connectivity index (χ1n) is 6.34. The molecule has 3 N–H and O–H groups in total. The second-order valence-electron chi connectivity index (χ2n) is 5.30. The fourth-order valence-corrected chi connectivity index (χ4v) is 2.45. The molecule has 4 nitrogen and oxygen atoms in total. The summed E-state index contributed by atoms with van der Waals surface area (Å²) in [5, 5.41) is 7.31. The molecular formula is C12H22N4. The third kappa shape index (κ3) is 2.61. The highest BCUT2D eigenvalue weighted by atomic mass is 15.2. The van der Waals surface area contributed by atoms with Gasteiger partial charge in [0.25, 0.3) is 0 Å². The van der Waals surface area contributed by atoms with Crippen LogP contribution in [0.2, 0.25) is 0 Å². The first kappa shape index (κ1) is 11.6. The monoisotopic (exact) mass is 222 g/mol. The van der Waals surface area contributed by atoms with Gasteiger partial charge in [0.2, 0.25) is 0 Å². The van der Waals surface area contributed by atoms with Gasteiger partial charge in [0, 0.05) is 5.92 Å². The second-order valence-corrected chi connectivity index (χ2v) is 5.30. The van der Waals surface area contributed by atoms with Gasteiger partial charge in [-0.2, -0.15) is 5.10 Å². The topological polar surface area (TPSA) is 67.6 Å². The number of hydrogen-bond donors (Lipinski definition) is 2. The van der Waals surface area contributed by atoms with Gasteiger partial charge in [-0.1, -0.05) is 26.7 Å². The van der Waals surface area contributed by atoms with Gasteiger partial charge in [-0.15, -0.1) is 0 Å². The van der Waals surface area contributed by atoms with Crippen LogP contribution in [0.25, 0.3) is 0 Å². The lowest BCUT2D eigenvalue weighted by Gasteiger charge is -2.09. The Labute approximate surface area is 97.0 Å². The number of nitrogens with two attached hydrogens (primary N) is 1. The van der Waals surface area contributed by atoms with Gasteiger partial charge in [-0.25, -0.2) is 4.98 Å². The maximum atomic E-state index is 6.06. The zero-order valence-corrected chi connectivity index (χ0v) is 10.2. The maximum absolute atomic E-state index is 6.06. The molecule has 1 aliphatic rings. The Kier molecular flexibility index (Phi) is 3.59. The van der Waals surface area contributed by atoms with Crippen LogP contribution < -0.4 is 5.73 Å². The Morgan fingerprint density at radius 3 is 2.69 bits per heavy atom. The number of hydrogen-bond acceptors (Lipinski definition) is 3. The molecule has 1 aliphatic carbocycles. The molecule has 1 aromatic heterocycles. The van der Waals surface area contributed by atoms with Crippen LogP contribution in [0.4, 0.5) is 0 Å². The fourth-order valence-electron chi connectivity index (χ4n) is 2.45. The molecule has 90 valence electrons. The van der Waals surface area contributed by atoms with Crippen LogP contribution in [0.1, 0.15) is 69.6 Å². The van der Waals surface area contributed by atoms with E-state index >= 15 is 0 Å². The number of nitrogens with zero attached hydrogens (tertiary/aromatic N) is 2. The second kappa shape index (κ2) is 4.95. The summed E-state index contributed by atoms with van der Waals surface area (Å²) in [5.74, 6) is 3.01. The molecule has 4 heteroatoms. The first-order valence-corrected chi connectivity index (χ1v) is 6.34. The van der Waals surface area contributed by atoms with Crippen LogP contribution in [0, 0.1) is 5.92 Å². The Hall–Kier alpha value is -0.900. The van der Waals surface area contributed by atoms with Crippen molar-refractivity contribution in [3.05, 3.63) is 11.6 Å². The van der Waals surface area contributed by atoms with Crippen molar-refractivity contribution in [1.29, 1.82) is 0 Å². The number of aromatic nitrogens is 3. The van der Waals surface area contributed by atoms with Crippen molar-refractivity contribution in [2.45, 2.75) is 57.9 Å². The van der Waals surface area contributed by atoms with Gasteiger partial charge < -0.3 is 5.73 Å². The van der Waals surface area contributed by atoms with E-state index in [0.717, 1.165) is 18.1 Å². The Morgan fingerprint density at radius 1 is 1.38 bits per heavy atom. The van der Waals surface area contributed by atoms with E-state index < -0.39 is 0 Å². The van der Waals surface area contributed by atoms with Gasteiger partial charge >= 0.3 is 0 Å². The number of aromatic amines is 1. The summed E-state index contributed by atoms with van der Waals surface area (Å²) in [6.45, 7) is 4.34. The van der Waals surface area contributed by atoms with Crippen molar-refractivity contribution in [3.63, 3.8) is 0 Å². The van der Waals surface area contributed by atoms with Crippen LogP contribution in [-0.2, 0) is 0 Å². The number of rotatable bonds is 4. The van der Waals surface area contributed by atoms with Crippen molar-refractivity contribution < 1.29 is 0 Å². The van der Waals surface area contributed by atoms with Gasteiger partial charge in [-0.05, 0) is 25.2 Å². The van der Waals surface area contributed by atoms with E-state index in [2.05, 4.69) is 29.0 Å². The molecule has 0 spiro atoms. The molecule has 1 fully saturated rings. The molecular weight excluding hydrogens is 200 g/mol. The third-order valence-corrected chi connectivity index (χ3v) is 3.32. The Bertz CT molecular complexity index is 326. The van der Waals surface area contributed by atoms with E-state index in [1.165, 1.54) is 25.7 Å². The minimum absolute atomic E-state index is 0.0218. The van der Waals surface area contributed by atoms with E-state index in [1.807, 2.05) is 0 Å². The number of nitrogens with one attached hydrogen (secondary N) is 1. The van der Waals surface area contributed by atoms with Crippen molar-refractivity contribution in [1.82, 2.24) is 15.2 Å². The summed E-state index contributed by atoms with van der Waals surface area (Å²) in [5.41, 5.74) is 6.06.